The zero-order valence-corrected chi connectivity index (χ0v) is 12.7. The molecule has 0 bridgehead atoms. The minimum Gasteiger partial charge on any atom is -0.497 e. The number of benzene rings is 2. The first-order valence-corrected chi connectivity index (χ1v) is 7.53. The average molecular weight is 296 g/mol. The standard InChI is InChI=1S/C18H20N2O2/c1-22-17-9-7-14(8-10-17)18(19-21)15-5-4-6-16(13-15)20-11-2-3-12-20/h4-10,13,21H,2-3,11-12H2,1H3/b19-18-. The predicted octanol–water partition coefficient (Wildman–Crippen LogP) is 3.52. The average Bonchev–Trinajstić information content (AvgIpc) is 3.11. The summed E-state index contributed by atoms with van der Waals surface area (Å²) in [5, 5.41) is 13.0. The van der Waals surface area contributed by atoms with E-state index in [1.807, 2.05) is 36.4 Å². The van der Waals surface area contributed by atoms with E-state index in [1.165, 1.54) is 18.5 Å². The second kappa shape index (κ2) is 6.52. The fourth-order valence-electron chi connectivity index (χ4n) is 2.86. The zero-order chi connectivity index (χ0) is 15.4. The van der Waals surface area contributed by atoms with E-state index < -0.39 is 0 Å². The maximum atomic E-state index is 9.46. The molecule has 2 aromatic rings. The van der Waals surface area contributed by atoms with Gasteiger partial charge in [-0.1, -0.05) is 17.3 Å². The number of ether oxygens (including phenoxy) is 1. The number of hydrogen-bond donors (Lipinski definition) is 1. The highest BCUT2D eigenvalue weighted by molar-refractivity contribution is 6.13. The fraction of sp³-hybridized carbons (Fsp3) is 0.278. The van der Waals surface area contributed by atoms with Crippen molar-refractivity contribution >= 4 is 11.4 Å². The van der Waals surface area contributed by atoms with E-state index >= 15 is 0 Å². The molecule has 114 valence electrons. The summed E-state index contributed by atoms with van der Waals surface area (Å²) in [5.41, 5.74) is 3.53. The van der Waals surface area contributed by atoms with Gasteiger partial charge in [-0.05, 0) is 49.2 Å². The second-order valence-corrected chi connectivity index (χ2v) is 5.42. The summed E-state index contributed by atoms with van der Waals surface area (Å²) in [7, 11) is 1.63. The number of rotatable bonds is 4. The molecule has 1 N–H and O–H groups in total. The molecule has 1 heterocycles. The van der Waals surface area contributed by atoms with E-state index in [9.17, 15) is 5.21 Å². The molecule has 0 aliphatic carbocycles. The Bertz CT molecular complexity index is 659. The van der Waals surface area contributed by atoms with Crippen molar-refractivity contribution in [2.24, 2.45) is 5.16 Å². The van der Waals surface area contributed by atoms with Crippen molar-refractivity contribution in [1.82, 2.24) is 0 Å². The molecule has 3 rings (SSSR count). The van der Waals surface area contributed by atoms with Crippen LogP contribution >= 0.6 is 0 Å². The number of anilines is 1. The van der Waals surface area contributed by atoms with Crippen LogP contribution in [0.25, 0.3) is 0 Å². The third-order valence-corrected chi connectivity index (χ3v) is 4.05. The van der Waals surface area contributed by atoms with Crippen LogP contribution in [0, 0.1) is 0 Å². The van der Waals surface area contributed by atoms with Crippen LogP contribution in [0.5, 0.6) is 5.75 Å². The van der Waals surface area contributed by atoms with Gasteiger partial charge in [0.2, 0.25) is 0 Å². The van der Waals surface area contributed by atoms with Gasteiger partial charge in [0.1, 0.15) is 11.5 Å². The molecule has 0 aromatic heterocycles. The summed E-state index contributed by atoms with van der Waals surface area (Å²) in [6.45, 7) is 2.19. The van der Waals surface area contributed by atoms with Gasteiger partial charge in [-0.25, -0.2) is 0 Å². The quantitative estimate of drug-likeness (QED) is 0.533. The van der Waals surface area contributed by atoms with Crippen LogP contribution in [-0.4, -0.2) is 31.1 Å². The van der Waals surface area contributed by atoms with Gasteiger partial charge in [-0.3, -0.25) is 0 Å². The van der Waals surface area contributed by atoms with E-state index in [2.05, 4.69) is 22.2 Å². The number of oxime groups is 1. The molecule has 0 radical (unpaired) electrons. The molecule has 4 heteroatoms. The lowest BCUT2D eigenvalue weighted by molar-refractivity contribution is 0.319. The smallest absolute Gasteiger partial charge is 0.118 e. The largest absolute Gasteiger partial charge is 0.497 e. The maximum absolute atomic E-state index is 9.46. The summed E-state index contributed by atoms with van der Waals surface area (Å²) in [5.74, 6) is 0.784. The van der Waals surface area contributed by atoms with Crippen molar-refractivity contribution in [1.29, 1.82) is 0 Å². The van der Waals surface area contributed by atoms with Gasteiger partial charge in [0, 0.05) is 29.9 Å². The lowest BCUT2D eigenvalue weighted by Gasteiger charge is -2.18. The molecule has 1 aliphatic heterocycles. The molecule has 0 saturated carbocycles. The second-order valence-electron chi connectivity index (χ2n) is 5.42. The van der Waals surface area contributed by atoms with Crippen molar-refractivity contribution < 1.29 is 9.94 Å². The van der Waals surface area contributed by atoms with Crippen molar-refractivity contribution in [3.05, 3.63) is 59.7 Å². The van der Waals surface area contributed by atoms with Gasteiger partial charge in [-0.15, -0.1) is 0 Å². The van der Waals surface area contributed by atoms with Crippen molar-refractivity contribution in [3.63, 3.8) is 0 Å². The third kappa shape index (κ3) is 2.91. The van der Waals surface area contributed by atoms with Crippen LogP contribution in [-0.2, 0) is 0 Å². The molecule has 1 fully saturated rings. The van der Waals surface area contributed by atoms with Gasteiger partial charge in [0.25, 0.3) is 0 Å². The molecule has 0 atom stereocenters. The number of methoxy groups -OCH3 is 1. The maximum Gasteiger partial charge on any atom is 0.118 e. The Hall–Kier alpha value is -2.49. The van der Waals surface area contributed by atoms with Crippen LogP contribution in [0.1, 0.15) is 24.0 Å². The third-order valence-electron chi connectivity index (χ3n) is 4.05. The SMILES string of the molecule is COc1ccc(/C(=N/O)c2cccc(N3CCCC3)c2)cc1. The normalized spacial score (nSPS) is 15.1. The lowest BCUT2D eigenvalue weighted by atomic mass is 10.0. The van der Waals surface area contributed by atoms with Gasteiger partial charge >= 0.3 is 0 Å². The van der Waals surface area contributed by atoms with Gasteiger partial charge in [0.15, 0.2) is 0 Å². The Morgan fingerprint density at radius 3 is 2.41 bits per heavy atom. The summed E-state index contributed by atoms with van der Waals surface area (Å²) in [6.07, 6.45) is 2.48. The molecule has 2 aromatic carbocycles. The van der Waals surface area contributed by atoms with E-state index in [1.54, 1.807) is 7.11 Å². The first kappa shape index (κ1) is 14.4. The highest BCUT2D eigenvalue weighted by Crippen LogP contribution is 2.23. The Morgan fingerprint density at radius 2 is 1.77 bits per heavy atom. The van der Waals surface area contributed by atoms with Crippen LogP contribution < -0.4 is 9.64 Å². The van der Waals surface area contributed by atoms with Gasteiger partial charge in [-0.2, -0.15) is 0 Å². The minimum atomic E-state index is 0.573. The Morgan fingerprint density at radius 1 is 1.05 bits per heavy atom. The Balaban J connectivity index is 1.91. The summed E-state index contributed by atoms with van der Waals surface area (Å²) < 4.78 is 5.17. The minimum absolute atomic E-state index is 0.573. The van der Waals surface area contributed by atoms with Crippen LogP contribution in [0.4, 0.5) is 5.69 Å². The van der Waals surface area contributed by atoms with Crippen LogP contribution in [0.3, 0.4) is 0 Å². The first-order chi connectivity index (χ1) is 10.8. The summed E-state index contributed by atoms with van der Waals surface area (Å²) in [4.78, 5) is 2.37. The topological polar surface area (TPSA) is 45.1 Å². The molecule has 1 saturated heterocycles. The van der Waals surface area contributed by atoms with E-state index in [0.717, 1.165) is 30.0 Å². The fourth-order valence-corrected chi connectivity index (χ4v) is 2.86. The van der Waals surface area contributed by atoms with Gasteiger partial charge < -0.3 is 14.8 Å². The molecule has 4 nitrogen and oxygen atoms in total. The Labute approximate surface area is 130 Å². The van der Waals surface area contributed by atoms with Crippen molar-refractivity contribution in [3.8, 4) is 5.75 Å². The molecular formula is C18H20N2O2. The monoisotopic (exact) mass is 296 g/mol. The van der Waals surface area contributed by atoms with Crippen LogP contribution in [0.15, 0.2) is 53.7 Å². The molecule has 1 aliphatic rings. The van der Waals surface area contributed by atoms with Crippen LogP contribution in [0.2, 0.25) is 0 Å². The number of hydrogen-bond acceptors (Lipinski definition) is 4. The Kier molecular flexibility index (Phi) is 4.28. The molecule has 0 amide bonds. The highest BCUT2D eigenvalue weighted by Gasteiger charge is 2.14. The van der Waals surface area contributed by atoms with Crippen molar-refractivity contribution in [2.75, 3.05) is 25.1 Å². The zero-order valence-electron chi connectivity index (χ0n) is 12.7. The van der Waals surface area contributed by atoms with Gasteiger partial charge in [0.05, 0.1) is 7.11 Å². The molecule has 22 heavy (non-hydrogen) atoms. The summed E-state index contributed by atoms with van der Waals surface area (Å²) >= 11 is 0. The first-order valence-electron chi connectivity index (χ1n) is 7.53. The summed E-state index contributed by atoms with van der Waals surface area (Å²) in [6, 6.07) is 15.7. The molecule has 0 spiro atoms. The highest BCUT2D eigenvalue weighted by atomic mass is 16.5. The predicted molar refractivity (Wildman–Crippen MR) is 88.3 cm³/mol. The van der Waals surface area contributed by atoms with Crippen molar-refractivity contribution in [2.45, 2.75) is 12.8 Å². The van der Waals surface area contributed by atoms with E-state index in [-0.39, 0.29) is 0 Å². The number of nitrogens with zero attached hydrogens (tertiary/aromatic N) is 2. The lowest BCUT2D eigenvalue weighted by Crippen LogP contribution is -2.18. The van der Waals surface area contributed by atoms with E-state index in [4.69, 9.17) is 4.74 Å². The molecule has 0 unspecified atom stereocenters. The molecular weight excluding hydrogens is 276 g/mol. The van der Waals surface area contributed by atoms with E-state index in [0.29, 0.717) is 5.71 Å².